The Hall–Kier alpha value is -1.74. The molecule has 0 aromatic heterocycles. The SMILES string of the molecule is N#CC1=CC=COC1C#N. The molecule has 3 heteroatoms. The third kappa shape index (κ3) is 0.985. The van der Waals surface area contributed by atoms with Crippen LogP contribution in [0.2, 0.25) is 0 Å². The van der Waals surface area contributed by atoms with Gasteiger partial charge in [-0.3, -0.25) is 0 Å². The molecule has 0 aliphatic carbocycles. The van der Waals surface area contributed by atoms with Gasteiger partial charge in [0.1, 0.15) is 6.07 Å². The van der Waals surface area contributed by atoms with E-state index in [-0.39, 0.29) is 0 Å². The topological polar surface area (TPSA) is 56.8 Å². The molecule has 1 heterocycles. The molecule has 1 rings (SSSR count). The Bertz CT molecular complexity index is 264. The number of ether oxygens (including phenoxy) is 1. The lowest BCUT2D eigenvalue weighted by Crippen LogP contribution is -2.11. The van der Waals surface area contributed by atoms with Crippen molar-refractivity contribution in [3.8, 4) is 12.1 Å². The molecule has 1 aliphatic heterocycles. The largest absolute Gasteiger partial charge is 0.478 e. The van der Waals surface area contributed by atoms with Crippen LogP contribution in [0, 0.1) is 22.7 Å². The highest BCUT2D eigenvalue weighted by Crippen LogP contribution is 2.09. The molecular formula is C7H4N2O. The van der Waals surface area contributed by atoms with Crippen molar-refractivity contribution in [1.82, 2.24) is 0 Å². The first-order valence-corrected chi connectivity index (χ1v) is 2.70. The molecule has 1 aliphatic rings. The molecule has 0 aromatic rings. The molecule has 1 unspecified atom stereocenters. The van der Waals surface area contributed by atoms with E-state index in [1.807, 2.05) is 12.1 Å². The highest BCUT2D eigenvalue weighted by atomic mass is 16.5. The summed E-state index contributed by atoms with van der Waals surface area (Å²) in [5.74, 6) is 0. The molecule has 0 aromatic carbocycles. The zero-order valence-corrected chi connectivity index (χ0v) is 5.11. The summed E-state index contributed by atoms with van der Waals surface area (Å²) in [5, 5.41) is 16.8. The summed E-state index contributed by atoms with van der Waals surface area (Å²) in [6, 6.07) is 3.71. The number of hydrogen-bond donors (Lipinski definition) is 0. The third-order valence-electron chi connectivity index (χ3n) is 1.10. The number of allylic oxidation sites excluding steroid dienone is 2. The van der Waals surface area contributed by atoms with Crippen LogP contribution in [0.15, 0.2) is 24.0 Å². The van der Waals surface area contributed by atoms with Crippen molar-refractivity contribution in [3.63, 3.8) is 0 Å². The van der Waals surface area contributed by atoms with Gasteiger partial charge in [0.05, 0.1) is 17.9 Å². The third-order valence-corrected chi connectivity index (χ3v) is 1.10. The van der Waals surface area contributed by atoms with E-state index in [0.717, 1.165) is 0 Å². The van der Waals surface area contributed by atoms with E-state index in [2.05, 4.69) is 0 Å². The zero-order valence-electron chi connectivity index (χ0n) is 5.11. The van der Waals surface area contributed by atoms with E-state index in [9.17, 15) is 0 Å². The molecule has 3 nitrogen and oxygen atoms in total. The summed E-state index contributed by atoms with van der Waals surface area (Å²) in [5.41, 5.74) is 0.352. The monoisotopic (exact) mass is 132 g/mol. The van der Waals surface area contributed by atoms with Gasteiger partial charge < -0.3 is 4.74 Å². The Morgan fingerprint density at radius 3 is 2.80 bits per heavy atom. The van der Waals surface area contributed by atoms with E-state index >= 15 is 0 Å². The lowest BCUT2D eigenvalue weighted by molar-refractivity contribution is 0.223. The van der Waals surface area contributed by atoms with Crippen molar-refractivity contribution in [2.75, 3.05) is 0 Å². The van der Waals surface area contributed by atoms with Gasteiger partial charge in [-0.25, -0.2) is 0 Å². The Morgan fingerprint density at radius 2 is 2.30 bits per heavy atom. The van der Waals surface area contributed by atoms with E-state index in [0.29, 0.717) is 5.57 Å². The Balaban J connectivity index is 2.86. The highest BCUT2D eigenvalue weighted by Gasteiger charge is 2.14. The molecule has 0 N–H and O–H groups in total. The van der Waals surface area contributed by atoms with Crippen LogP contribution in [0.4, 0.5) is 0 Å². The van der Waals surface area contributed by atoms with Gasteiger partial charge in [-0.1, -0.05) is 0 Å². The summed E-state index contributed by atoms with van der Waals surface area (Å²) >= 11 is 0. The molecule has 48 valence electrons. The van der Waals surface area contributed by atoms with Crippen LogP contribution in [0.5, 0.6) is 0 Å². The van der Waals surface area contributed by atoms with E-state index in [1.165, 1.54) is 6.26 Å². The van der Waals surface area contributed by atoms with Gasteiger partial charge in [-0.15, -0.1) is 0 Å². The normalized spacial score (nSPS) is 21.8. The first-order chi connectivity index (χ1) is 4.88. The van der Waals surface area contributed by atoms with Crippen LogP contribution in [0.3, 0.4) is 0 Å². The molecule has 1 atom stereocenters. The molecule has 0 fully saturated rings. The molecule has 0 bridgehead atoms. The van der Waals surface area contributed by atoms with Gasteiger partial charge in [0, 0.05) is 0 Å². The van der Waals surface area contributed by atoms with Crippen LogP contribution in [0.25, 0.3) is 0 Å². The smallest absolute Gasteiger partial charge is 0.218 e. The zero-order chi connectivity index (χ0) is 7.40. The van der Waals surface area contributed by atoms with Crippen molar-refractivity contribution >= 4 is 0 Å². The second-order valence-corrected chi connectivity index (χ2v) is 1.71. The summed E-state index contributed by atoms with van der Waals surface area (Å²) in [6.07, 6.45) is 3.84. The van der Waals surface area contributed by atoms with Crippen molar-refractivity contribution in [1.29, 1.82) is 10.5 Å². The number of rotatable bonds is 0. The minimum absolute atomic E-state index is 0.352. The maximum absolute atomic E-state index is 8.41. The second-order valence-electron chi connectivity index (χ2n) is 1.71. The Labute approximate surface area is 58.4 Å². The quantitative estimate of drug-likeness (QED) is 0.491. The molecule has 0 amide bonds. The van der Waals surface area contributed by atoms with Crippen LogP contribution in [-0.4, -0.2) is 6.10 Å². The van der Waals surface area contributed by atoms with Crippen molar-refractivity contribution in [3.05, 3.63) is 24.0 Å². The number of nitriles is 2. The highest BCUT2D eigenvalue weighted by molar-refractivity contribution is 5.35. The average Bonchev–Trinajstić information content (AvgIpc) is 2.04. The van der Waals surface area contributed by atoms with Gasteiger partial charge in [-0.05, 0) is 12.2 Å². The maximum Gasteiger partial charge on any atom is 0.218 e. The van der Waals surface area contributed by atoms with Crippen LogP contribution >= 0.6 is 0 Å². The first kappa shape index (κ1) is 6.38. The number of nitrogens with zero attached hydrogens (tertiary/aromatic N) is 2. The average molecular weight is 132 g/mol. The van der Waals surface area contributed by atoms with Crippen LogP contribution in [-0.2, 0) is 4.74 Å². The van der Waals surface area contributed by atoms with Crippen molar-refractivity contribution in [2.45, 2.75) is 6.10 Å². The molecule has 0 spiro atoms. The van der Waals surface area contributed by atoms with Gasteiger partial charge in [0.15, 0.2) is 0 Å². The molecular weight excluding hydrogens is 128 g/mol. The second kappa shape index (κ2) is 2.70. The Kier molecular flexibility index (Phi) is 1.72. The fraction of sp³-hybridized carbons (Fsp3) is 0.143. The van der Waals surface area contributed by atoms with E-state index in [1.54, 1.807) is 12.2 Å². The molecule has 0 saturated heterocycles. The van der Waals surface area contributed by atoms with Crippen molar-refractivity contribution < 1.29 is 4.74 Å². The minimum Gasteiger partial charge on any atom is -0.478 e. The predicted octanol–water partition coefficient (Wildman–Crippen LogP) is 0.872. The first-order valence-electron chi connectivity index (χ1n) is 2.70. The van der Waals surface area contributed by atoms with Gasteiger partial charge >= 0.3 is 0 Å². The lowest BCUT2D eigenvalue weighted by atomic mass is 10.1. The fourth-order valence-corrected chi connectivity index (χ4v) is 0.623. The molecule has 0 saturated carbocycles. The minimum atomic E-state index is -0.713. The number of hydrogen-bond acceptors (Lipinski definition) is 3. The lowest BCUT2D eigenvalue weighted by Gasteiger charge is -2.08. The van der Waals surface area contributed by atoms with Crippen molar-refractivity contribution in [2.24, 2.45) is 0 Å². The summed E-state index contributed by atoms with van der Waals surface area (Å²) in [7, 11) is 0. The van der Waals surface area contributed by atoms with Gasteiger partial charge in [-0.2, -0.15) is 10.5 Å². The van der Waals surface area contributed by atoms with Crippen LogP contribution in [0.1, 0.15) is 0 Å². The standard InChI is InChI=1S/C7H4N2O/c8-4-6-2-1-3-10-7(6)5-9/h1-3,7H. The van der Waals surface area contributed by atoms with Gasteiger partial charge in [0.2, 0.25) is 6.10 Å². The maximum atomic E-state index is 8.41. The fourth-order valence-electron chi connectivity index (χ4n) is 0.623. The molecule has 0 radical (unpaired) electrons. The van der Waals surface area contributed by atoms with Crippen LogP contribution < -0.4 is 0 Å². The summed E-state index contributed by atoms with van der Waals surface area (Å²) < 4.78 is 4.80. The Morgan fingerprint density at radius 1 is 1.50 bits per heavy atom. The summed E-state index contributed by atoms with van der Waals surface area (Å²) in [6.45, 7) is 0. The van der Waals surface area contributed by atoms with E-state index in [4.69, 9.17) is 15.3 Å². The predicted molar refractivity (Wildman–Crippen MR) is 33.3 cm³/mol. The molecule has 10 heavy (non-hydrogen) atoms. The van der Waals surface area contributed by atoms with E-state index < -0.39 is 6.10 Å². The van der Waals surface area contributed by atoms with Gasteiger partial charge in [0.25, 0.3) is 0 Å². The summed E-state index contributed by atoms with van der Waals surface area (Å²) in [4.78, 5) is 0.